The zero-order valence-corrected chi connectivity index (χ0v) is 18.5. The standard InChI is InChI=1S/C25H32N4O/c1-5-19-7-12-23-22(17-19)18(3)24(29(23)6-2)25(30)26-20-8-10-21(11-9-20)28-15-13-27(4)14-16-28/h7-12,17H,5-6,13-16H2,1-4H3,(H,26,30). The summed E-state index contributed by atoms with van der Waals surface area (Å²) in [7, 11) is 2.16. The topological polar surface area (TPSA) is 40.5 Å². The van der Waals surface area contributed by atoms with Crippen molar-refractivity contribution in [3.05, 3.63) is 59.3 Å². The van der Waals surface area contributed by atoms with Crippen molar-refractivity contribution in [2.75, 3.05) is 43.4 Å². The number of amides is 1. The van der Waals surface area contributed by atoms with Crippen molar-refractivity contribution < 1.29 is 4.79 Å². The first-order valence-corrected chi connectivity index (χ1v) is 11.0. The zero-order valence-electron chi connectivity index (χ0n) is 18.5. The van der Waals surface area contributed by atoms with Crippen LogP contribution in [0.25, 0.3) is 10.9 Å². The van der Waals surface area contributed by atoms with Gasteiger partial charge in [-0.1, -0.05) is 13.0 Å². The number of likely N-dealkylation sites (N-methyl/N-ethyl adjacent to an activating group) is 1. The van der Waals surface area contributed by atoms with Gasteiger partial charge in [-0.3, -0.25) is 4.79 Å². The van der Waals surface area contributed by atoms with E-state index < -0.39 is 0 Å². The highest BCUT2D eigenvalue weighted by molar-refractivity contribution is 6.08. The lowest BCUT2D eigenvalue weighted by Crippen LogP contribution is -2.44. The van der Waals surface area contributed by atoms with Crippen LogP contribution in [0.5, 0.6) is 0 Å². The first-order valence-electron chi connectivity index (χ1n) is 11.0. The molecular formula is C25H32N4O. The smallest absolute Gasteiger partial charge is 0.272 e. The van der Waals surface area contributed by atoms with Gasteiger partial charge in [0, 0.05) is 55.0 Å². The van der Waals surface area contributed by atoms with Crippen molar-refractivity contribution in [2.45, 2.75) is 33.7 Å². The molecule has 158 valence electrons. The molecule has 0 bridgehead atoms. The van der Waals surface area contributed by atoms with Gasteiger partial charge in [0.15, 0.2) is 0 Å². The third-order valence-corrected chi connectivity index (χ3v) is 6.31. The lowest BCUT2D eigenvalue weighted by atomic mass is 10.1. The number of aryl methyl sites for hydroxylation is 3. The van der Waals surface area contributed by atoms with Crippen molar-refractivity contribution in [3.8, 4) is 0 Å². The van der Waals surface area contributed by atoms with Gasteiger partial charge in [-0.15, -0.1) is 0 Å². The average Bonchev–Trinajstić information content (AvgIpc) is 3.06. The van der Waals surface area contributed by atoms with Crippen LogP contribution in [0.1, 0.15) is 35.5 Å². The van der Waals surface area contributed by atoms with Gasteiger partial charge in [-0.2, -0.15) is 0 Å². The predicted molar refractivity (Wildman–Crippen MR) is 126 cm³/mol. The van der Waals surface area contributed by atoms with Gasteiger partial charge in [-0.05, 0) is 74.8 Å². The van der Waals surface area contributed by atoms with Gasteiger partial charge >= 0.3 is 0 Å². The second-order valence-corrected chi connectivity index (χ2v) is 8.21. The van der Waals surface area contributed by atoms with Crippen LogP contribution in [0.15, 0.2) is 42.5 Å². The molecule has 1 aliphatic rings. The molecule has 1 aliphatic heterocycles. The summed E-state index contributed by atoms with van der Waals surface area (Å²) in [5.74, 6) is -0.0454. The predicted octanol–water partition coefficient (Wildman–Crippen LogP) is 4.54. The van der Waals surface area contributed by atoms with E-state index in [1.54, 1.807) is 0 Å². The molecule has 1 aromatic heterocycles. The number of hydrogen-bond donors (Lipinski definition) is 1. The fraction of sp³-hybridized carbons (Fsp3) is 0.400. The Bertz CT molecular complexity index is 1040. The highest BCUT2D eigenvalue weighted by Gasteiger charge is 2.20. The molecule has 0 saturated carbocycles. The number of aromatic nitrogens is 1. The highest BCUT2D eigenvalue weighted by atomic mass is 16.2. The minimum Gasteiger partial charge on any atom is -0.369 e. The maximum absolute atomic E-state index is 13.2. The number of carbonyl (C=O) groups is 1. The van der Waals surface area contributed by atoms with E-state index in [1.807, 2.05) is 12.1 Å². The van der Waals surface area contributed by atoms with Gasteiger partial charge in [0.2, 0.25) is 0 Å². The van der Waals surface area contributed by atoms with Gasteiger partial charge in [0.05, 0.1) is 0 Å². The Hall–Kier alpha value is -2.79. The van der Waals surface area contributed by atoms with E-state index in [0.717, 1.165) is 61.6 Å². The first kappa shape index (κ1) is 20.5. The van der Waals surface area contributed by atoms with E-state index in [2.05, 4.69) is 77.8 Å². The molecule has 1 amide bonds. The van der Waals surface area contributed by atoms with E-state index >= 15 is 0 Å². The summed E-state index contributed by atoms with van der Waals surface area (Å²) < 4.78 is 2.12. The van der Waals surface area contributed by atoms with Gasteiger partial charge in [-0.25, -0.2) is 0 Å². The minimum absolute atomic E-state index is 0.0454. The number of benzene rings is 2. The summed E-state index contributed by atoms with van der Waals surface area (Å²) in [6.45, 7) is 11.3. The van der Waals surface area contributed by atoms with Crippen LogP contribution in [0.4, 0.5) is 11.4 Å². The van der Waals surface area contributed by atoms with Crippen LogP contribution >= 0.6 is 0 Å². The van der Waals surface area contributed by atoms with Gasteiger partial charge in [0.1, 0.15) is 5.69 Å². The number of nitrogens with one attached hydrogen (secondary N) is 1. The van der Waals surface area contributed by atoms with E-state index in [4.69, 9.17) is 0 Å². The summed E-state index contributed by atoms with van der Waals surface area (Å²) in [6.07, 6.45) is 0.994. The molecule has 30 heavy (non-hydrogen) atoms. The van der Waals surface area contributed by atoms with Gasteiger partial charge in [0.25, 0.3) is 5.91 Å². The van der Waals surface area contributed by atoms with E-state index in [0.29, 0.717) is 0 Å². The Kier molecular flexibility index (Phi) is 5.82. The van der Waals surface area contributed by atoms with Crippen molar-refractivity contribution >= 4 is 28.2 Å². The Morgan fingerprint density at radius 2 is 1.70 bits per heavy atom. The lowest BCUT2D eigenvalue weighted by molar-refractivity contribution is 0.101. The second kappa shape index (κ2) is 8.52. The molecule has 4 rings (SSSR count). The van der Waals surface area contributed by atoms with Crippen LogP contribution in [0.2, 0.25) is 0 Å². The summed E-state index contributed by atoms with van der Waals surface area (Å²) in [6, 6.07) is 14.8. The van der Waals surface area contributed by atoms with Crippen LogP contribution < -0.4 is 10.2 Å². The fourth-order valence-electron chi connectivity index (χ4n) is 4.42. The summed E-state index contributed by atoms with van der Waals surface area (Å²) in [5.41, 5.74) is 6.28. The molecule has 0 spiro atoms. The molecule has 1 N–H and O–H groups in total. The Balaban J connectivity index is 1.56. The Morgan fingerprint density at radius 3 is 2.33 bits per heavy atom. The number of fused-ring (bicyclic) bond motifs is 1. The highest BCUT2D eigenvalue weighted by Crippen LogP contribution is 2.28. The summed E-state index contributed by atoms with van der Waals surface area (Å²) >= 11 is 0. The quantitative estimate of drug-likeness (QED) is 0.679. The van der Waals surface area contributed by atoms with E-state index in [9.17, 15) is 4.79 Å². The van der Waals surface area contributed by atoms with Crippen molar-refractivity contribution in [2.24, 2.45) is 0 Å². The molecule has 2 heterocycles. The van der Waals surface area contributed by atoms with E-state index in [-0.39, 0.29) is 5.91 Å². The monoisotopic (exact) mass is 404 g/mol. The molecule has 0 unspecified atom stereocenters. The molecule has 3 aromatic rings. The number of hydrogen-bond acceptors (Lipinski definition) is 3. The van der Waals surface area contributed by atoms with Crippen LogP contribution in [0, 0.1) is 6.92 Å². The van der Waals surface area contributed by atoms with Crippen LogP contribution in [0.3, 0.4) is 0 Å². The number of anilines is 2. The molecule has 0 radical (unpaired) electrons. The summed E-state index contributed by atoms with van der Waals surface area (Å²) in [4.78, 5) is 18.0. The molecular weight excluding hydrogens is 372 g/mol. The van der Waals surface area contributed by atoms with Gasteiger partial charge < -0.3 is 19.7 Å². The fourth-order valence-corrected chi connectivity index (χ4v) is 4.42. The van der Waals surface area contributed by atoms with Crippen molar-refractivity contribution in [1.29, 1.82) is 0 Å². The number of rotatable bonds is 5. The third kappa shape index (κ3) is 3.82. The molecule has 5 nitrogen and oxygen atoms in total. The molecule has 2 aromatic carbocycles. The van der Waals surface area contributed by atoms with E-state index in [1.165, 1.54) is 16.6 Å². The second-order valence-electron chi connectivity index (χ2n) is 8.21. The Morgan fingerprint density at radius 1 is 1.00 bits per heavy atom. The lowest BCUT2D eigenvalue weighted by Gasteiger charge is -2.34. The SMILES string of the molecule is CCc1ccc2c(c1)c(C)c(C(=O)Nc1ccc(N3CCN(C)CC3)cc1)n2CC. The minimum atomic E-state index is -0.0454. The largest absolute Gasteiger partial charge is 0.369 e. The van der Waals surface area contributed by atoms with Crippen LogP contribution in [-0.2, 0) is 13.0 Å². The number of piperazine rings is 1. The molecule has 0 atom stereocenters. The summed E-state index contributed by atoms with van der Waals surface area (Å²) in [5, 5.41) is 4.29. The van der Waals surface area contributed by atoms with Crippen molar-refractivity contribution in [3.63, 3.8) is 0 Å². The third-order valence-electron chi connectivity index (χ3n) is 6.31. The van der Waals surface area contributed by atoms with Crippen LogP contribution in [-0.4, -0.2) is 48.6 Å². The average molecular weight is 405 g/mol. The normalized spacial score (nSPS) is 15.0. The number of carbonyl (C=O) groups excluding carboxylic acids is 1. The van der Waals surface area contributed by atoms with Crippen molar-refractivity contribution in [1.82, 2.24) is 9.47 Å². The first-order chi connectivity index (χ1) is 14.5. The molecule has 5 heteroatoms. The molecule has 1 saturated heterocycles. The Labute approximate surface area is 179 Å². The maximum Gasteiger partial charge on any atom is 0.272 e. The molecule has 0 aliphatic carbocycles. The molecule has 1 fully saturated rings. The maximum atomic E-state index is 13.2. The number of nitrogens with zero attached hydrogens (tertiary/aromatic N) is 3. The zero-order chi connectivity index (χ0) is 21.3.